The van der Waals surface area contributed by atoms with E-state index in [4.69, 9.17) is 9.47 Å². The van der Waals surface area contributed by atoms with E-state index in [1.807, 2.05) is 19.1 Å². The lowest BCUT2D eigenvalue weighted by Crippen LogP contribution is -2.45. The third-order valence-electron chi connectivity index (χ3n) is 7.54. The molecule has 0 radical (unpaired) electrons. The van der Waals surface area contributed by atoms with Gasteiger partial charge in [-0.1, -0.05) is 12.0 Å². The van der Waals surface area contributed by atoms with Crippen molar-refractivity contribution in [3.63, 3.8) is 0 Å². The van der Waals surface area contributed by atoms with Gasteiger partial charge < -0.3 is 9.47 Å². The predicted molar refractivity (Wildman–Crippen MR) is 138 cm³/mol. The van der Waals surface area contributed by atoms with E-state index >= 15 is 0 Å². The van der Waals surface area contributed by atoms with Gasteiger partial charge in [-0.05, 0) is 75.5 Å². The van der Waals surface area contributed by atoms with E-state index in [0.717, 1.165) is 50.5 Å². The molecule has 3 fully saturated rings. The van der Waals surface area contributed by atoms with E-state index in [1.165, 1.54) is 4.57 Å². The zero-order chi connectivity index (χ0) is 25.7. The lowest BCUT2D eigenvalue weighted by Gasteiger charge is -2.35. The topological polar surface area (TPSA) is 95.1 Å². The highest BCUT2D eigenvalue weighted by Gasteiger charge is 2.37. The predicted octanol–water partition coefficient (Wildman–Crippen LogP) is 3.68. The fourth-order valence-corrected chi connectivity index (χ4v) is 4.96. The van der Waals surface area contributed by atoms with Crippen LogP contribution in [0, 0.1) is 18.8 Å². The second kappa shape index (κ2) is 9.25. The van der Waals surface area contributed by atoms with Gasteiger partial charge in [0.15, 0.2) is 11.5 Å². The van der Waals surface area contributed by atoms with Crippen molar-refractivity contribution in [3.8, 4) is 23.3 Å². The van der Waals surface area contributed by atoms with Crippen LogP contribution in [0.2, 0.25) is 0 Å². The molecule has 0 N–H and O–H groups in total. The lowest BCUT2D eigenvalue weighted by atomic mass is 9.92. The van der Waals surface area contributed by atoms with Crippen molar-refractivity contribution >= 4 is 17.6 Å². The molecule has 0 saturated heterocycles. The molecule has 0 unspecified atom stereocenters. The van der Waals surface area contributed by atoms with Crippen molar-refractivity contribution in [2.45, 2.75) is 76.4 Å². The van der Waals surface area contributed by atoms with Crippen LogP contribution in [0.5, 0.6) is 11.5 Å². The average Bonchev–Trinajstić information content (AvgIpc) is 3.77. The second-order valence-corrected chi connectivity index (χ2v) is 10.4. The van der Waals surface area contributed by atoms with Gasteiger partial charge in [-0.3, -0.25) is 18.8 Å². The van der Waals surface area contributed by atoms with Gasteiger partial charge in [0.25, 0.3) is 5.56 Å². The molecule has 2 aromatic rings. The number of ether oxygens (including phenoxy) is 2. The molecule has 0 spiro atoms. The maximum absolute atomic E-state index is 13.1. The van der Waals surface area contributed by atoms with Gasteiger partial charge >= 0.3 is 11.8 Å². The molecule has 0 atom stereocenters. The minimum atomic E-state index is -0.465. The second-order valence-electron chi connectivity index (χ2n) is 10.4. The number of aryl methyl sites for hydroxylation is 1. The monoisotopic (exact) mass is 502 g/mol. The molecule has 192 valence electrons. The summed E-state index contributed by atoms with van der Waals surface area (Å²) in [4.78, 5) is 45.5. The van der Waals surface area contributed by atoms with E-state index in [9.17, 15) is 14.4 Å². The summed E-state index contributed by atoms with van der Waals surface area (Å²) in [6.45, 7) is 2.13. The summed E-state index contributed by atoms with van der Waals surface area (Å²) < 4.78 is 14.2. The Morgan fingerprint density at radius 3 is 2.46 bits per heavy atom. The Morgan fingerprint density at radius 2 is 1.81 bits per heavy atom. The first-order chi connectivity index (χ1) is 17.9. The highest BCUT2D eigenvalue weighted by Crippen LogP contribution is 2.40. The van der Waals surface area contributed by atoms with Crippen LogP contribution in [0.1, 0.15) is 68.2 Å². The quantitative estimate of drug-likeness (QED) is 0.562. The number of carbonyl (C=O) groups is 1. The van der Waals surface area contributed by atoms with E-state index in [-0.39, 0.29) is 35.9 Å². The first kappa shape index (κ1) is 23.6. The van der Waals surface area contributed by atoms with Gasteiger partial charge in [-0.15, -0.1) is 0 Å². The van der Waals surface area contributed by atoms with E-state index in [2.05, 4.69) is 16.8 Å². The van der Waals surface area contributed by atoms with Crippen molar-refractivity contribution in [1.82, 2.24) is 14.0 Å². The van der Waals surface area contributed by atoms with Crippen molar-refractivity contribution in [2.75, 3.05) is 13.7 Å². The molecule has 37 heavy (non-hydrogen) atoms. The number of methoxy groups -OCH3 is 1. The molecular formula is C28H30N4O5. The summed E-state index contributed by atoms with van der Waals surface area (Å²) in [6, 6.07) is 5.63. The van der Waals surface area contributed by atoms with E-state index in [0.29, 0.717) is 35.0 Å². The number of fused-ring (bicyclic) bond motifs is 1. The zero-order valence-corrected chi connectivity index (χ0v) is 21.2. The molecule has 9 heteroatoms. The number of amides is 1. The Morgan fingerprint density at radius 1 is 1.08 bits per heavy atom. The fraction of sp³-hybridized carbons (Fsp3) is 0.500. The minimum Gasteiger partial charge on any atom is -0.493 e. The summed E-state index contributed by atoms with van der Waals surface area (Å²) in [5, 5.41) is 0. The maximum Gasteiger partial charge on any atom is 0.416 e. The van der Waals surface area contributed by atoms with Crippen LogP contribution >= 0.6 is 0 Å². The largest absolute Gasteiger partial charge is 0.493 e. The van der Waals surface area contributed by atoms with Gasteiger partial charge in [0.2, 0.25) is 0 Å². The third-order valence-corrected chi connectivity index (χ3v) is 7.54. The molecule has 6 rings (SSSR count). The average molecular weight is 503 g/mol. The highest BCUT2D eigenvalue weighted by atomic mass is 16.6. The van der Waals surface area contributed by atoms with Crippen LogP contribution in [0.15, 0.2) is 32.8 Å². The molecular weight excluding hydrogens is 472 g/mol. The maximum atomic E-state index is 13.1. The first-order valence-electron chi connectivity index (χ1n) is 13.0. The number of hydrogen-bond donors (Lipinski definition) is 0. The van der Waals surface area contributed by atoms with Crippen LogP contribution < -0.4 is 20.7 Å². The van der Waals surface area contributed by atoms with Gasteiger partial charge in [0.1, 0.15) is 5.82 Å². The molecule has 1 aliphatic heterocycles. The summed E-state index contributed by atoms with van der Waals surface area (Å²) in [6.07, 6.45) is 6.31. The van der Waals surface area contributed by atoms with Crippen LogP contribution in [0.25, 0.3) is 0 Å². The normalized spacial score (nSPS) is 18.3. The van der Waals surface area contributed by atoms with Gasteiger partial charge in [0, 0.05) is 24.5 Å². The van der Waals surface area contributed by atoms with Crippen molar-refractivity contribution in [1.29, 1.82) is 0 Å². The molecule has 3 aliphatic carbocycles. The molecule has 1 aromatic carbocycles. The molecule has 1 amide bonds. The highest BCUT2D eigenvalue weighted by molar-refractivity contribution is 6.06. The van der Waals surface area contributed by atoms with Crippen LogP contribution in [-0.2, 0) is 6.42 Å². The molecule has 4 aliphatic rings. The third kappa shape index (κ3) is 4.45. The number of rotatable bonds is 6. The van der Waals surface area contributed by atoms with Crippen LogP contribution in [-0.4, -0.2) is 45.5 Å². The number of aliphatic imine (C=N–C) groups is 1. The Kier molecular flexibility index (Phi) is 5.90. The zero-order valence-electron chi connectivity index (χ0n) is 21.2. The van der Waals surface area contributed by atoms with Gasteiger partial charge in [0.05, 0.1) is 24.9 Å². The number of carbonyl (C=O) groups excluding carboxylic acids is 1. The van der Waals surface area contributed by atoms with E-state index in [1.54, 1.807) is 22.6 Å². The van der Waals surface area contributed by atoms with E-state index < -0.39 is 6.09 Å². The minimum absolute atomic E-state index is 0.0136. The molecule has 0 bridgehead atoms. The lowest BCUT2D eigenvalue weighted by molar-refractivity contribution is 0.111. The van der Waals surface area contributed by atoms with Crippen LogP contribution in [0.3, 0.4) is 0 Å². The molecule has 1 aromatic heterocycles. The van der Waals surface area contributed by atoms with Crippen molar-refractivity contribution in [3.05, 3.63) is 50.2 Å². The molecule has 3 saturated carbocycles. The Labute approximate surface area is 214 Å². The summed E-state index contributed by atoms with van der Waals surface area (Å²) >= 11 is 0. The summed E-state index contributed by atoms with van der Waals surface area (Å²) in [7, 11) is 1.55. The van der Waals surface area contributed by atoms with Crippen LogP contribution in [0.4, 0.5) is 10.6 Å². The smallest absolute Gasteiger partial charge is 0.416 e. The summed E-state index contributed by atoms with van der Waals surface area (Å²) in [5.41, 5.74) is 1.65. The SMILES string of the molecule is COc1cc(C)ccc1OC(=O)N(CC#CC1=Nc2c(c(=O)n(C3CC3)c(=O)n2C2CC2)C1)C1CCC1. The number of hydrogen-bond acceptors (Lipinski definition) is 6. The Hall–Kier alpha value is -3.80. The summed E-state index contributed by atoms with van der Waals surface area (Å²) in [5.74, 6) is 7.50. The molecule has 9 nitrogen and oxygen atoms in total. The number of nitrogens with zero attached hydrogens (tertiary/aromatic N) is 4. The Balaban J connectivity index is 1.22. The Bertz CT molecular complexity index is 1480. The number of aromatic nitrogens is 2. The van der Waals surface area contributed by atoms with Crippen molar-refractivity contribution in [2.24, 2.45) is 4.99 Å². The van der Waals surface area contributed by atoms with Gasteiger partial charge in [-0.25, -0.2) is 14.6 Å². The van der Waals surface area contributed by atoms with Gasteiger partial charge in [-0.2, -0.15) is 0 Å². The molecule has 2 heterocycles. The first-order valence-corrected chi connectivity index (χ1v) is 13.0. The van der Waals surface area contributed by atoms with Crippen molar-refractivity contribution < 1.29 is 14.3 Å². The fourth-order valence-electron chi connectivity index (χ4n) is 4.96. The number of benzene rings is 1. The standard InChI is InChI=1S/C28H30N4O5/c1-17-8-13-23(24(15-17)36-2)37-28(35)30(19-6-3-7-19)14-4-5-18-16-22-25(29-18)31(20-9-10-20)27(34)32(26(22)33)21-11-12-21/h8,13,15,19-21H,3,6-7,9-12,14,16H2,1-2H3.